The molecule has 3 aliphatic rings. The smallest absolute Gasteiger partial charge is 0.657 e. The molecule has 0 spiro atoms. The molecule has 0 radical (unpaired) electrons. The molecule has 1 aliphatic carbocycles. The molecule has 9 nitrogen and oxygen atoms in total. The van der Waals surface area contributed by atoms with Gasteiger partial charge in [-0.3, -0.25) is 9.59 Å². The van der Waals surface area contributed by atoms with E-state index >= 15 is 0 Å². The first-order chi connectivity index (χ1) is 33.0. The van der Waals surface area contributed by atoms with E-state index in [1.807, 2.05) is 72.7 Å². The van der Waals surface area contributed by atoms with E-state index in [2.05, 4.69) is 13.5 Å². The quantitative estimate of drug-likeness (QED) is 0.0380. The summed E-state index contributed by atoms with van der Waals surface area (Å²) in [5.41, 5.74) is 11.7. The Balaban J connectivity index is 0.00000937. The van der Waals surface area contributed by atoms with Crippen molar-refractivity contribution in [3.8, 4) is 0 Å². The molecule has 8 bridgehead atoms. The number of ether oxygens (including phenoxy) is 2. The molecule has 5 heterocycles. The SMILES string of the molecule is [2H]C([2H])C(C)CCC([2H])([2H])C(C)CCC([2H])([2H])C(C)CCC/C(C)=C/COC(=O)/C=C/C1=C(C)c2cc3[n-]c(cc4nc(cc5[n-]c6c(c5C)C(=O)[C@H](C(=O)OC)c6c1n2)C(CC)=C4C)c(C=C)c3C.[Mg+2]. The number of hydrogen-bond acceptors (Lipinski definition) is 7. The molecule has 0 saturated heterocycles. The Morgan fingerprint density at radius 1 is 0.908 bits per heavy atom. The van der Waals surface area contributed by atoms with E-state index in [0.717, 1.165) is 45.7 Å². The van der Waals surface area contributed by atoms with Gasteiger partial charge in [0.1, 0.15) is 12.5 Å². The van der Waals surface area contributed by atoms with E-state index in [9.17, 15) is 14.4 Å². The molecule has 0 fully saturated rings. The molecule has 3 aromatic rings. The first-order valence-electron chi connectivity index (χ1n) is 25.8. The zero-order valence-corrected chi connectivity index (χ0v) is 41.5. The molecule has 2 aliphatic heterocycles. The van der Waals surface area contributed by atoms with Crippen molar-refractivity contribution in [2.45, 2.75) is 139 Å². The maximum atomic E-state index is 14.4. The van der Waals surface area contributed by atoms with E-state index in [1.165, 1.54) is 13.2 Å². The molecule has 0 aromatic carbocycles. The zero-order chi connectivity index (χ0) is 51.6. The van der Waals surface area contributed by atoms with Gasteiger partial charge in [-0.1, -0.05) is 127 Å². The summed E-state index contributed by atoms with van der Waals surface area (Å²) in [6, 6.07) is 5.70. The normalized spacial score (nSPS) is 18.1. The number of hydrogen-bond donors (Lipinski definition) is 0. The van der Waals surface area contributed by atoms with Crippen molar-refractivity contribution in [2.75, 3.05) is 13.7 Å². The summed E-state index contributed by atoms with van der Waals surface area (Å²) in [7, 11) is 1.24. The van der Waals surface area contributed by atoms with Crippen LogP contribution in [0.3, 0.4) is 0 Å². The van der Waals surface area contributed by atoms with E-state index in [0.29, 0.717) is 87.8 Å². The number of aryl methyl sites for hydroxylation is 2. The van der Waals surface area contributed by atoms with Crippen molar-refractivity contribution in [1.29, 1.82) is 0 Å². The summed E-state index contributed by atoms with van der Waals surface area (Å²) >= 11 is 0. The van der Waals surface area contributed by atoms with E-state index in [1.54, 1.807) is 19.1 Å². The van der Waals surface area contributed by atoms with Crippen LogP contribution in [0.1, 0.15) is 189 Å². The fraction of sp³-hybridized carbons (Fsp3) is 0.473. The second-order valence-corrected chi connectivity index (χ2v) is 17.5. The van der Waals surface area contributed by atoms with Crippen LogP contribution < -0.4 is 9.97 Å². The van der Waals surface area contributed by atoms with Gasteiger partial charge in [0, 0.05) is 25.4 Å². The fourth-order valence-electron chi connectivity index (χ4n) is 8.73. The standard InChI is InChI=1S/C55H69N4O5.Mg/c1-13-39-35(8)42-28-44-37(10)41(24-25-48(60)64-27-26-34(7)23-17-22-33(6)21-16-20-32(5)19-15-18-31(3)4)52(58-44)50-51(55(62)63-12)54(61)49-38(11)45(59-53(49)50)30-47-40(14-2)36(9)43(57-47)29-46(39)56-42;/h13,24-26,28-33,51H,1,14-23,27H2,2-12H3,(H-,56,57,58,59,60,61);/q-1;+2/p-1/b34-26+,42-28?,43-29?,44-28?,45-30?,46-29?,47-30?,52-50?;/t32?,33?,51-;/m1./s1/i3D2,19D2,21D2;/t31?,32?,33?,51-;. The zero-order valence-electron chi connectivity index (χ0n) is 46.0. The van der Waals surface area contributed by atoms with Crippen LogP contribution in [0.4, 0.5) is 0 Å². The van der Waals surface area contributed by atoms with Crippen molar-refractivity contribution >= 4 is 91.2 Å². The molecule has 0 saturated carbocycles. The third-order valence-corrected chi connectivity index (χ3v) is 12.7. The molecule has 3 aromatic heterocycles. The first-order valence-corrected chi connectivity index (χ1v) is 22.6. The maximum Gasteiger partial charge on any atom is 2.00 e. The number of esters is 2. The van der Waals surface area contributed by atoms with Crippen LogP contribution in [0.25, 0.3) is 50.4 Å². The van der Waals surface area contributed by atoms with Gasteiger partial charge < -0.3 is 19.4 Å². The number of nitrogens with zero attached hydrogens (tertiary/aromatic N) is 4. The van der Waals surface area contributed by atoms with E-state index in [-0.39, 0.29) is 65.8 Å². The topological polar surface area (TPSA) is 124 Å². The summed E-state index contributed by atoms with van der Waals surface area (Å²) in [6.07, 6.45) is 7.65. The summed E-state index contributed by atoms with van der Waals surface area (Å²) in [6.45, 7) is 20.3. The second kappa shape index (κ2) is 22.6. The fourth-order valence-corrected chi connectivity index (χ4v) is 8.73. The Morgan fingerprint density at radius 2 is 1.55 bits per heavy atom. The third-order valence-electron chi connectivity index (χ3n) is 12.7. The molecule has 65 heavy (non-hydrogen) atoms. The van der Waals surface area contributed by atoms with E-state index < -0.39 is 43.3 Å². The van der Waals surface area contributed by atoms with Crippen molar-refractivity contribution in [3.05, 3.63) is 99.2 Å². The van der Waals surface area contributed by atoms with Crippen LogP contribution in [-0.4, -0.2) is 64.5 Å². The van der Waals surface area contributed by atoms with Crippen LogP contribution in [0.2, 0.25) is 0 Å². The molecule has 10 heteroatoms. The van der Waals surface area contributed by atoms with Crippen LogP contribution in [0, 0.1) is 31.6 Å². The van der Waals surface area contributed by atoms with E-state index in [4.69, 9.17) is 37.6 Å². The maximum absolute atomic E-state index is 14.4. The van der Waals surface area contributed by atoms with Crippen LogP contribution in [-0.2, 0) is 19.1 Å². The van der Waals surface area contributed by atoms with Gasteiger partial charge in [-0.05, 0) is 112 Å². The van der Waals surface area contributed by atoms with Crippen molar-refractivity contribution in [2.24, 2.45) is 17.8 Å². The number of Topliss-reactive ketones (excluding diaryl/α,β-unsaturated/α-hetero) is 1. The van der Waals surface area contributed by atoms with Crippen molar-refractivity contribution in [1.82, 2.24) is 19.9 Å². The Hall–Kier alpha value is -4.80. The Bertz CT molecular complexity index is 2870. The minimum Gasteiger partial charge on any atom is -0.657 e. The summed E-state index contributed by atoms with van der Waals surface area (Å²) in [5.74, 6) is -3.96. The predicted molar refractivity (Wildman–Crippen MR) is 267 cm³/mol. The molecular formula is C55H68MgN4O5. The number of methoxy groups -OCH3 is 1. The van der Waals surface area contributed by atoms with Gasteiger partial charge in [0.15, 0.2) is 5.78 Å². The first kappa shape index (κ1) is 42.8. The van der Waals surface area contributed by atoms with Gasteiger partial charge in [0.25, 0.3) is 0 Å². The van der Waals surface area contributed by atoms with Crippen LogP contribution in [0.15, 0.2) is 48.6 Å². The number of allylic oxidation sites excluding steroid dienone is 6. The predicted octanol–water partition coefficient (Wildman–Crippen LogP) is 12.7. The molecule has 0 N–H and O–H groups in total. The second-order valence-electron chi connectivity index (χ2n) is 17.5. The number of ketones is 1. The number of carbonyl (C=O) groups is 3. The molecule has 4 atom stereocenters. The van der Waals surface area contributed by atoms with Crippen LogP contribution in [0.5, 0.6) is 0 Å². The summed E-state index contributed by atoms with van der Waals surface area (Å²) in [5, 5.41) is 0. The van der Waals surface area contributed by atoms with Crippen molar-refractivity contribution in [3.63, 3.8) is 0 Å². The molecule has 3 unspecified atom stereocenters. The van der Waals surface area contributed by atoms with Gasteiger partial charge in [-0.2, -0.15) is 0 Å². The molecule has 6 rings (SSSR count). The molecule has 0 amide bonds. The van der Waals surface area contributed by atoms with Crippen LogP contribution >= 0.6 is 0 Å². The Morgan fingerprint density at radius 3 is 2.23 bits per heavy atom. The minimum absolute atomic E-state index is 0. The van der Waals surface area contributed by atoms with Gasteiger partial charge in [-0.25, -0.2) is 14.8 Å². The Kier molecular flexibility index (Phi) is 14.9. The number of carbonyl (C=O) groups excluding carboxylic acids is 3. The Labute approximate surface area is 411 Å². The number of aromatic nitrogens is 4. The monoisotopic (exact) mass is 895 g/mol. The third kappa shape index (κ3) is 11.4. The molecular weight excluding hydrogens is 821 g/mol. The van der Waals surface area contributed by atoms with Gasteiger partial charge in [-0.15, -0.1) is 22.1 Å². The largest absolute Gasteiger partial charge is 2.00 e. The minimum atomic E-state index is -1.49. The van der Waals surface area contributed by atoms with Gasteiger partial charge in [0.05, 0.1) is 29.9 Å². The summed E-state index contributed by atoms with van der Waals surface area (Å²) < 4.78 is 60.5. The van der Waals surface area contributed by atoms with Gasteiger partial charge >= 0.3 is 35.0 Å². The average Bonchev–Trinajstić information content (AvgIpc) is 4.06. The number of fused-ring (bicyclic) bond motifs is 8. The summed E-state index contributed by atoms with van der Waals surface area (Å²) in [4.78, 5) is 61.5. The number of rotatable bonds is 19. The van der Waals surface area contributed by atoms with Gasteiger partial charge in [0.2, 0.25) is 0 Å². The van der Waals surface area contributed by atoms with Crippen molar-refractivity contribution < 1.29 is 32.1 Å². The average molecular weight is 896 g/mol. The molecule has 340 valence electrons.